The molecule has 1 aromatic carbocycles. The molecule has 0 saturated carbocycles. The van der Waals surface area contributed by atoms with Crippen molar-refractivity contribution in [1.29, 1.82) is 0 Å². The molecule has 1 fully saturated rings. The van der Waals surface area contributed by atoms with Gasteiger partial charge in [0.1, 0.15) is 5.82 Å². The lowest BCUT2D eigenvalue weighted by molar-refractivity contribution is 0.228. The van der Waals surface area contributed by atoms with E-state index in [0.717, 1.165) is 31.6 Å². The molecule has 2 heterocycles. The second-order valence-electron chi connectivity index (χ2n) is 5.42. The van der Waals surface area contributed by atoms with Gasteiger partial charge < -0.3 is 10.3 Å². The van der Waals surface area contributed by atoms with Crippen LogP contribution in [-0.4, -0.2) is 30.2 Å². The molecule has 4 heteroatoms. The predicted molar refractivity (Wildman–Crippen MR) is 74.5 cm³/mol. The molecule has 1 saturated heterocycles. The van der Waals surface area contributed by atoms with Gasteiger partial charge in [-0.2, -0.15) is 5.10 Å². The van der Waals surface area contributed by atoms with Gasteiger partial charge in [-0.05, 0) is 30.7 Å². The summed E-state index contributed by atoms with van der Waals surface area (Å²) in [5.74, 6) is 0.255. The van der Waals surface area contributed by atoms with Crippen molar-refractivity contribution in [1.82, 2.24) is 10.3 Å². The highest BCUT2D eigenvalue weighted by Crippen LogP contribution is 2.32. The molecule has 3 nitrogen and oxygen atoms in total. The van der Waals surface area contributed by atoms with Crippen LogP contribution in [0.15, 0.2) is 29.4 Å². The molecule has 3 rings (SSSR count). The summed E-state index contributed by atoms with van der Waals surface area (Å²) in [5, 5.41) is 4.48. The SMILES string of the molecule is CCCN1CCC2=NNC(c3ccc(F)cc3)C2C1. The van der Waals surface area contributed by atoms with Crippen molar-refractivity contribution in [3.63, 3.8) is 0 Å². The summed E-state index contributed by atoms with van der Waals surface area (Å²) >= 11 is 0. The van der Waals surface area contributed by atoms with Crippen molar-refractivity contribution in [3.05, 3.63) is 35.6 Å². The average Bonchev–Trinajstić information content (AvgIpc) is 2.83. The molecule has 0 amide bonds. The molecule has 19 heavy (non-hydrogen) atoms. The Balaban J connectivity index is 1.76. The minimum atomic E-state index is -0.181. The molecule has 1 aromatic rings. The Hall–Kier alpha value is -1.42. The third-order valence-corrected chi connectivity index (χ3v) is 4.09. The number of benzene rings is 1. The Morgan fingerprint density at radius 2 is 2.16 bits per heavy atom. The molecule has 102 valence electrons. The lowest BCUT2D eigenvalue weighted by atomic mass is 9.86. The van der Waals surface area contributed by atoms with Crippen LogP contribution in [0.4, 0.5) is 4.39 Å². The summed E-state index contributed by atoms with van der Waals surface area (Å²) < 4.78 is 13.0. The van der Waals surface area contributed by atoms with Crippen LogP contribution in [0.25, 0.3) is 0 Å². The number of halogens is 1. The van der Waals surface area contributed by atoms with Gasteiger partial charge in [0.25, 0.3) is 0 Å². The lowest BCUT2D eigenvalue weighted by Gasteiger charge is -2.33. The number of piperidine rings is 1. The fourth-order valence-electron chi connectivity index (χ4n) is 3.11. The third kappa shape index (κ3) is 2.50. The molecule has 0 aromatic heterocycles. The highest BCUT2D eigenvalue weighted by molar-refractivity contribution is 5.89. The quantitative estimate of drug-likeness (QED) is 0.905. The van der Waals surface area contributed by atoms with Crippen LogP contribution in [0.5, 0.6) is 0 Å². The number of hydrogen-bond acceptors (Lipinski definition) is 3. The summed E-state index contributed by atoms with van der Waals surface area (Å²) in [6.07, 6.45) is 2.24. The highest BCUT2D eigenvalue weighted by Gasteiger charge is 2.36. The second kappa shape index (κ2) is 5.29. The van der Waals surface area contributed by atoms with E-state index in [1.807, 2.05) is 12.1 Å². The van der Waals surface area contributed by atoms with Gasteiger partial charge in [0.05, 0.1) is 6.04 Å². The van der Waals surface area contributed by atoms with Gasteiger partial charge in [0.15, 0.2) is 0 Å². The van der Waals surface area contributed by atoms with E-state index in [1.54, 1.807) is 0 Å². The third-order valence-electron chi connectivity index (χ3n) is 4.09. The van der Waals surface area contributed by atoms with E-state index in [0.29, 0.717) is 5.92 Å². The topological polar surface area (TPSA) is 27.6 Å². The molecule has 1 N–H and O–H groups in total. The van der Waals surface area contributed by atoms with Crippen LogP contribution in [0.3, 0.4) is 0 Å². The second-order valence-corrected chi connectivity index (χ2v) is 5.42. The van der Waals surface area contributed by atoms with E-state index in [9.17, 15) is 4.39 Å². The number of hydrazone groups is 1. The van der Waals surface area contributed by atoms with Crippen molar-refractivity contribution in [3.8, 4) is 0 Å². The number of fused-ring (bicyclic) bond motifs is 1. The maximum Gasteiger partial charge on any atom is 0.123 e. The van der Waals surface area contributed by atoms with Crippen molar-refractivity contribution < 1.29 is 4.39 Å². The Kier molecular flexibility index (Phi) is 3.51. The number of nitrogens with one attached hydrogen (secondary N) is 1. The van der Waals surface area contributed by atoms with Crippen LogP contribution in [-0.2, 0) is 0 Å². The summed E-state index contributed by atoms with van der Waals surface area (Å²) in [7, 11) is 0. The summed E-state index contributed by atoms with van der Waals surface area (Å²) in [6, 6.07) is 6.99. The molecule has 2 aliphatic heterocycles. The molecule has 0 aliphatic carbocycles. The van der Waals surface area contributed by atoms with Crippen LogP contribution in [0, 0.1) is 11.7 Å². The molecule has 2 aliphatic rings. The van der Waals surface area contributed by atoms with Gasteiger partial charge in [-0.15, -0.1) is 0 Å². The Labute approximate surface area is 113 Å². The Bertz CT molecular complexity index is 469. The zero-order valence-corrected chi connectivity index (χ0v) is 11.3. The van der Waals surface area contributed by atoms with Crippen LogP contribution >= 0.6 is 0 Å². The van der Waals surface area contributed by atoms with E-state index in [-0.39, 0.29) is 11.9 Å². The minimum Gasteiger partial charge on any atom is -0.302 e. The first kappa shape index (κ1) is 12.6. The van der Waals surface area contributed by atoms with Gasteiger partial charge >= 0.3 is 0 Å². The van der Waals surface area contributed by atoms with E-state index in [1.165, 1.54) is 24.3 Å². The number of nitrogens with zero attached hydrogens (tertiary/aromatic N) is 2. The highest BCUT2D eigenvalue weighted by atomic mass is 19.1. The normalized spacial score (nSPS) is 26.7. The zero-order chi connectivity index (χ0) is 13.2. The predicted octanol–water partition coefficient (Wildman–Crippen LogP) is 2.56. The van der Waals surface area contributed by atoms with Crippen LogP contribution in [0.1, 0.15) is 31.4 Å². The Morgan fingerprint density at radius 3 is 2.89 bits per heavy atom. The fraction of sp³-hybridized carbons (Fsp3) is 0.533. The van der Waals surface area contributed by atoms with E-state index in [4.69, 9.17) is 0 Å². The van der Waals surface area contributed by atoms with Gasteiger partial charge in [-0.3, -0.25) is 0 Å². The Morgan fingerprint density at radius 1 is 1.37 bits per heavy atom. The van der Waals surface area contributed by atoms with Crippen LogP contribution in [0.2, 0.25) is 0 Å². The molecule has 2 atom stereocenters. The van der Waals surface area contributed by atoms with E-state index >= 15 is 0 Å². The largest absolute Gasteiger partial charge is 0.302 e. The number of rotatable bonds is 3. The molecule has 0 bridgehead atoms. The van der Waals surface area contributed by atoms with E-state index < -0.39 is 0 Å². The van der Waals surface area contributed by atoms with Crippen LogP contribution < -0.4 is 5.43 Å². The monoisotopic (exact) mass is 261 g/mol. The van der Waals surface area contributed by atoms with Gasteiger partial charge in [-0.1, -0.05) is 19.1 Å². The van der Waals surface area contributed by atoms with Crippen molar-refractivity contribution in [2.24, 2.45) is 11.0 Å². The first-order chi connectivity index (χ1) is 9.28. The van der Waals surface area contributed by atoms with Gasteiger partial charge in [-0.25, -0.2) is 4.39 Å². The maximum absolute atomic E-state index is 13.0. The van der Waals surface area contributed by atoms with Gasteiger partial charge in [0, 0.05) is 31.1 Å². The van der Waals surface area contributed by atoms with Gasteiger partial charge in [0.2, 0.25) is 0 Å². The summed E-state index contributed by atoms with van der Waals surface area (Å²) in [5.41, 5.74) is 5.64. The smallest absolute Gasteiger partial charge is 0.123 e. The van der Waals surface area contributed by atoms with Crippen molar-refractivity contribution in [2.75, 3.05) is 19.6 Å². The first-order valence-electron chi connectivity index (χ1n) is 7.07. The lowest BCUT2D eigenvalue weighted by Crippen LogP contribution is -2.42. The number of likely N-dealkylation sites (tertiary alicyclic amines) is 1. The average molecular weight is 261 g/mol. The molecule has 2 unspecified atom stereocenters. The first-order valence-corrected chi connectivity index (χ1v) is 7.07. The minimum absolute atomic E-state index is 0.181. The maximum atomic E-state index is 13.0. The standard InChI is InChI=1S/C15H20FN3/c1-2-8-19-9-7-14-13(10-19)15(18-17-14)11-3-5-12(16)6-4-11/h3-6,13,15,18H,2,7-10H2,1H3. The molecule has 0 radical (unpaired) electrons. The van der Waals surface area contributed by atoms with E-state index in [2.05, 4.69) is 22.4 Å². The van der Waals surface area contributed by atoms with Crippen molar-refractivity contribution >= 4 is 5.71 Å². The molecular weight excluding hydrogens is 241 g/mol. The van der Waals surface area contributed by atoms with Crippen molar-refractivity contribution in [2.45, 2.75) is 25.8 Å². The molecular formula is C15H20FN3. The fourth-order valence-corrected chi connectivity index (χ4v) is 3.11. The number of hydrogen-bond donors (Lipinski definition) is 1. The zero-order valence-electron chi connectivity index (χ0n) is 11.3. The summed E-state index contributed by atoms with van der Waals surface area (Å²) in [4.78, 5) is 2.51. The molecule has 0 spiro atoms. The summed E-state index contributed by atoms with van der Waals surface area (Å²) in [6.45, 7) is 5.54.